The number of fused-ring (bicyclic) bond motifs is 2. The maximum atomic E-state index is 13.1. The smallest absolute Gasteiger partial charge is 0.323 e. The standard InChI is InChI=1S/C20H18ClN3O3/c21-15-9-3-4-10-16(15)22-17(25)12-24-18(26)20(23-19(24)27)11-5-7-13-6-1-2-8-14(13)20/h1-4,6,8-10H,5,7,11-12H2,(H,22,25)(H,23,27). The van der Waals surface area contributed by atoms with E-state index in [1.165, 1.54) is 0 Å². The highest BCUT2D eigenvalue weighted by Gasteiger charge is 2.54. The Morgan fingerprint density at radius 2 is 1.89 bits per heavy atom. The zero-order chi connectivity index (χ0) is 19.0. The first kappa shape index (κ1) is 17.5. The van der Waals surface area contributed by atoms with Crippen LogP contribution in [0, 0.1) is 0 Å². The van der Waals surface area contributed by atoms with Crippen molar-refractivity contribution in [3.63, 3.8) is 0 Å². The molecule has 1 heterocycles. The lowest BCUT2D eigenvalue weighted by Gasteiger charge is -2.33. The molecule has 1 fully saturated rings. The number of hydrogen-bond acceptors (Lipinski definition) is 3. The van der Waals surface area contributed by atoms with Gasteiger partial charge in [-0.2, -0.15) is 0 Å². The van der Waals surface area contributed by atoms with Gasteiger partial charge in [-0.25, -0.2) is 4.79 Å². The third kappa shape index (κ3) is 2.96. The van der Waals surface area contributed by atoms with E-state index in [0.717, 1.165) is 28.9 Å². The van der Waals surface area contributed by atoms with Gasteiger partial charge in [0.25, 0.3) is 5.91 Å². The van der Waals surface area contributed by atoms with E-state index in [2.05, 4.69) is 10.6 Å². The average molecular weight is 384 g/mol. The van der Waals surface area contributed by atoms with Crippen LogP contribution in [0.2, 0.25) is 5.02 Å². The van der Waals surface area contributed by atoms with Gasteiger partial charge in [-0.3, -0.25) is 14.5 Å². The number of nitrogens with zero attached hydrogens (tertiary/aromatic N) is 1. The summed E-state index contributed by atoms with van der Waals surface area (Å²) in [6.07, 6.45) is 2.19. The molecule has 138 valence electrons. The summed E-state index contributed by atoms with van der Waals surface area (Å²) in [5.74, 6) is -0.860. The van der Waals surface area contributed by atoms with E-state index in [0.29, 0.717) is 17.1 Å². The number of hydrogen-bond donors (Lipinski definition) is 2. The van der Waals surface area contributed by atoms with Crippen molar-refractivity contribution < 1.29 is 14.4 Å². The normalized spacial score (nSPS) is 21.1. The average Bonchev–Trinajstić information content (AvgIpc) is 2.89. The van der Waals surface area contributed by atoms with Crippen LogP contribution in [0.15, 0.2) is 48.5 Å². The van der Waals surface area contributed by atoms with E-state index in [9.17, 15) is 14.4 Å². The van der Waals surface area contributed by atoms with Crippen LogP contribution in [0.4, 0.5) is 10.5 Å². The number of urea groups is 1. The van der Waals surface area contributed by atoms with Gasteiger partial charge in [0.2, 0.25) is 5.91 Å². The fraction of sp³-hybridized carbons (Fsp3) is 0.250. The topological polar surface area (TPSA) is 78.5 Å². The van der Waals surface area contributed by atoms with Gasteiger partial charge < -0.3 is 10.6 Å². The van der Waals surface area contributed by atoms with Crippen LogP contribution >= 0.6 is 11.6 Å². The summed E-state index contributed by atoms with van der Waals surface area (Å²) in [5.41, 5.74) is 1.24. The highest BCUT2D eigenvalue weighted by Crippen LogP contribution is 2.39. The van der Waals surface area contributed by atoms with Crippen molar-refractivity contribution in [1.82, 2.24) is 10.2 Å². The summed E-state index contributed by atoms with van der Waals surface area (Å²) in [4.78, 5) is 39.0. The zero-order valence-corrected chi connectivity index (χ0v) is 15.3. The molecule has 7 heteroatoms. The second kappa shape index (κ2) is 6.70. The lowest BCUT2D eigenvalue weighted by molar-refractivity contribution is -0.134. The molecule has 2 aromatic rings. The molecule has 1 atom stereocenters. The molecular weight excluding hydrogens is 366 g/mol. The lowest BCUT2D eigenvalue weighted by atomic mass is 9.76. The first-order valence-electron chi connectivity index (χ1n) is 8.78. The highest BCUT2D eigenvalue weighted by atomic mass is 35.5. The Labute approximate surface area is 161 Å². The molecule has 6 nitrogen and oxygen atoms in total. The molecule has 2 N–H and O–H groups in total. The number of carbonyl (C=O) groups excluding carboxylic acids is 3. The molecule has 1 spiro atoms. The summed E-state index contributed by atoms with van der Waals surface area (Å²) in [6, 6.07) is 13.9. The summed E-state index contributed by atoms with van der Waals surface area (Å²) in [6.45, 7) is -0.361. The number of anilines is 1. The SMILES string of the molecule is O=C(CN1C(=O)NC2(CCCc3ccccc32)C1=O)Nc1ccccc1Cl. The van der Waals surface area contributed by atoms with Gasteiger partial charge >= 0.3 is 6.03 Å². The van der Waals surface area contributed by atoms with Gasteiger partial charge in [-0.1, -0.05) is 48.0 Å². The van der Waals surface area contributed by atoms with Crippen molar-refractivity contribution in [2.45, 2.75) is 24.8 Å². The van der Waals surface area contributed by atoms with Crippen molar-refractivity contribution >= 4 is 35.1 Å². The number of benzene rings is 2. The first-order valence-corrected chi connectivity index (χ1v) is 9.16. The monoisotopic (exact) mass is 383 g/mol. The molecule has 2 aromatic carbocycles. The van der Waals surface area contributed by atoms with Gasteiger partial charge in [-0.05, 0) is 42.5 Å². The minimum Gasteiger partial charge on any atom is -0.323 e. The van der Waals surface area contributed by atoms with E-state index in [4.69, 9.17) is 11.6 Å². The van der Waals surface area contributed by atoms with Gasteiger partial charge in [0.15, 0.2) is 0 Å². The van der Waals surface area contributed by atoms with Crippen LogP contribution < -0.4 is 10.6 Å². The third-order valence-electron chi connectivity index (χ3n) is 5.10. The summed E-state index contributed by atoms with van der Waals surface area (Å²) in [7, 11) is 0. The molecule has 1 aliphatic heterocycles. The van der Waals surface area contributed by atoms with E-state index >= 15 is 0 Å². The summed E-state index contributed by atoms with van der Waals surface area (Å²) < 4.78 is 0. The Kier molecular flexibility index (Phi) is 4.36. The van der Waals surface area contributed by atoms with Crippen LogP contribution in [-0.2, 0) is 21.5 Å². The molecule has 0 radical (unpaired) electrons. The molecule has 0 aromatic heterocycles. The van der Waals surface area contributed by atoms with Gasteiger partial charge in [0.05, 0.1) is 10.7 Å². The Balaban J connectivity index is 1.56. The van der Waals surface area contributed by atoms with E-state index in [1.54, 1.807) is 24.3 Å². The van der Waals surface area contributed by atoms with E-state index in [-0.39, 0.29) is 12.5 Å². The maximum Gasteiger partial charge on any atom is 0.325 e. The predicted molar refractivity (Wildman–Crippen MR) is 101 cm³/mol. The van der Waals surface area contributed by atoms with Crippen molar-refractivity contribution in [2.75, 3.05) is 11.9 Å². The molecule has 1 unspecified atom stereocenters. The fourth-order valence-corrected chi connectivity index (χ4v) is 4.03. The Morgan fingerprint density at radius 3 is 2.70 bits per heavy atom. The number of nitrogens with one attached hydrogen (secondary N) is 2. The largest absolute Gasteiger partial charge is 0.325 e. The Hall–Kier alpha value is -2.86. The minimum absolute atomic E-state index is 0.361. The number of rotatable bonds is 3. The van der Waals surface area contributed by atoms with Crippen molar-refractivity contribution in [2.24, 2.45) is 0 Å². The molecule has 2 aliphatic rings. The maximum absolute atomic E-state index is 13.1. The third-order valence-corrected chi connectivity index (χ3v) is 5.43. The second-order valence-corrected chi connectivity index (χ2v) is 7.17. The van der Waals surface area contributed by atoms with Crippen LogP contribution in [0.3, 0.4) is 0 Å². The quantitative estimate of drug-likeness (QED) is 0.799. The second-order valence-electron chi connectivity index (χ2n) is 6.77. The minimum atomic E-state index is -1.07. The molecule has 4 amide bonds. The molecule has 27 heavy (non-hydrogen) atoms. The Bertz CT molecular complexity index is 946. The van der Waals surface area contributed by atoms with E-state index in [1.807, 2.05) is 24.3 Å². The number of halogens is 1. The number of carbonyl (C=O) groups is 3. The number of imide groups is 1. The summed E-state index contributed by atoms with van der Waals surface area (Å²) in [5, 5.41) is 5.87. The molecule has 4 rings (SSSR count). The van der Waals surface area contributed by atoms with Gasteiger partial charge in [0, 0.05) is 0 Å². The van der Waals surface area contributed by atoms with Gasteiger partial charge in [-0.15, -0.1) is 0 Å². The fourth-order valence-electron chi connectivity index (χ4n) is 3.85. The first-order chi connectivity index (χ1) is 13.0. The Morgan fingerprint density at radius 1 is 1.15 bits per heavy atom. The highest BCUT2D eigenvalue weighted by molar-refractivity contribution is 6.33. The molecule has 0 bridgehead atoms. The molecule has 1 aliphatic carbocycles. The van der Waals surface area contributed by atoms with E-state index < -0.39 is 17.5 Å². The van der Waals surface area contributed by atoms with Crippen molar-refractivity contribution in [1.29, 1.82) is 0 Å². The van der Waals surface area contributed by atoms with Crippen LogP contribution in [0.5, 0.6) is 0 Å². The predicted octanol–water partition coefficient (Wildman–Crippen LogP) is 3.06. The number of amides is 4. The van der Waals surface area contributed by atoms with Crippen molar-refractivity contribution in [3.8, 4) is 0 Å². The van der Waals surface area contributed by atoms with Crippen LogP contribution in [0.25, 0.3) is 0 Å². The lowest BCUT2D eigenvalue weighted by Crippen LogP contribution is -2.47. The molecule has 0 saturated carbocycles. The zero-order valence-electron chi connectivity index (χ0n) is 14.5. The number of para-hydroxylation sites is 1. The summed E-state index contributed by atoms with van der Waals surface area (Å²) >= 11 is 6.04. The molecular formula is C20H18ClN3O3. The van der Waals surface area contributed by atoms with Crippen LogP contribution in [0.1, 0.15) is 24.0 Å². The van der Waals surface area contributed by atoms with Gasteiger partial charge in [0.1, 0.15) is 12.1 Å². The van der Waals surface area contributed by atoms with Crippen LogP contribution in [-0.4, -0.2) is 29.3 Å². The molecule has 1 saturated heterocycles. The number of aryl methyl sites for hydroxylation is 1. The van der Waals surface area contributed by atoms with Crippen molar-refractivity contribution in [3.05, 3.63) is 64.7 Å².